The van der Waals surface area contributed by atoms with Gasteiger partial charge in [0.05, 0.1) is 11.3 Å². The van der Waals surface area contributed by atoms with Crippen LogP contribution in [0.25, 0.3) is 11.5 Å². The van der Waals surface area contributed by atoms with Crippen LogP contribution in [0, 0.1) is 5.92 Å². The Bertz CT molecular complexity index is 1250. The van der Waals surface area contributed by atoms with E-state index in [1.807, 2.05) is 18.5 Å². The van der Waals surface area contributed by atoms with E-state index in [0.29, 0.717) is 36.0 Å². The van der Waals surface area contributed by atoms with E-state index in [2.05, 4.69) is 25.4 Å². The molecule has 2 aliphatic carbocycles. The number of aromatic nitrogens is 5. The zero-order valence-electron chi connectivity index (χ0n) is 19.9. The lowest BCUT2D eigenvalue weighted by atomic mass is 9.56. The molecule has 0 amide bonds. The summed E-state index contributed by atoms with van der Waals surface area (Å²) >= 11 is 0. The van der Waals surface area contributed by atoms with Crippen LogP contribution < -0.4 is 11.1 Å². The van der Waals surface area contributed by atoms with Gasteiger partial charge in [0.15, 0.2) is 5.82 Å². The summed E-state index contributed by atoms with van der Waals surface area (Å²) in [5.41, 5.74) is 7.55. The molecule has 0 saturated heterocycles. The largest absolute Gasteiger partial charge is 0.369 e. The Hall–Kier alpha value is -3.08. The fourth-order valence-corrected chi connectivity index (χ4v) is 5.92. The van der Waals surface area contributed by atoms with Gasteiger partial charge >= 0.3 is 0 Å². The first kappa shape index (κ1) is 23.7. The summed E-state index contributed by atoms with van der Waals surface area (Å²) < 4.78 is 28.2. The Labute approximate surface area is 205 Å². The molecule has 3 aromatic heterocycles. The fraction of sp³-hybridized carbons (Fsp3) is 0.542. The second-order valence-electron chi connectivity index (χ2n) is 9.84. The van der Waals surface area contributed by atoms with E-state index in [1.165, 1.54) is 18.2 Å². The molecule has 0 aromatic carbocycles. The van der Waals surface area contributed by atoms with Crippen LogP contribution in [0.3, 0.4) is 0 Å². The molecule has 0 unspecified atom stereocenters. The molecular formula is C24H31N7O3S. The number of pyridine rings is 1. The van der Waals surface area contributed by atoms with Crippen molar-refractivity contribution in [2.45, 2.75) is 56.3 Å². The van der Waals surface area contributed by atoms with Crippen LogP contribution in [0.5, 0.6) is 0 Å². The SMILES string of the molecule is CS(=O)(=O)CCNc1ccc(-c2nc(C3(C4CCC(c5cnc(N)nc5)CC4)CCC3)no2)cn1. The maximum atomic E-state index is 11.3. The molecule has 0 bridgehead atoms. The molecule has 2 fully saturated rings. The number of hydrogen-bond acceptors (Lipinski definition) is 10. The van der Waals surface area contributed by atoms with Gasteiger partial charge in [-0.3, -0.25) is 0 Å². The monoisotopic (exact) mass is 497 g/mol. The number of anilines is 2. The van der Waals surface area contributed by atoms with Crippen molar-refractivity contribution in [3.05, 3.63) is 42.1 Å². The zero-order chi connectivity index (χ0) is 24.5. The number of nitrogens with zero attached hydrogens (tertiary/aromatic N) is 5. The highest BCUT2D eigenvalue weighted by Gasteiger charge is 2.49. The number of nitrogens with two attached hydrogens (primary N) is 1. The van der Waals surface area contributed by atoms with Crippen molar-refractivity contribution in [2.75, 3.05) is 29.6 Å². The smallest absolute Gasteiger partial charge is 0.259 e. The molecule has 0 radical (unpaired) electrons. The molecule has 11 heteroatoms. The van der Waals surface area contributed by atoms with E-state index in [4.69, 9.17) is 15.2 Å². The van der Waals surface area contributed by atoms with Gasteiger partial charge in [0.25, 0.3) is 5.89 Å². The highest BCUT2D eigenvalue weighted by molar-refractivity contribution is 7.90. The second kappa shape index (κ2) is 9.52. The van der Waals surface area contributed by atoms with Crippen LogP contribution in [0.2, 0.25) is 0 Å². The molecule has 35 heavy (non-hydrogen) atoms. The van der Waals surface area contributed by atoms with Crippen molar-refractivity contribution >= 4 is 21.6 Å². The molecule has 0 spiro atoms. The van der Waals surface area contributed by atoms with Gasteiger partial charge in [0.2, 0.25) is 5.95 Å². The predicted molar refractivity (Wildman–Crippen MR) is 132 cm³/mol. The van der Waals surface area contributed by atoms with E-state index < -0.39 is 9.84 Å². The Kier molecular flexibility index (Phi) is 6.43. The van der Waals surface area contributed by atoms with Crippen molar-refractivity contribution in [1.29, 1.82) is 0 Å². The normalized spacial score (nSPS) is 21.9. The summed E-state index contributed by atoms with van der Waals surface area (Å²) in [4.78, 5) is 17.5. The molecule has 2 saturated carbocycles. The lowest BCUT2D eigenvalue weighted by molar-refractivity contribution is 0.0931. The third kappa shape index (κ3) is 5.14. The highest BCUT2D eigenvalue weighted by atomic mass is 32.2. The summed E-state index contributed by atoms with van der Waals surface area (Å²) in [6.45, 7) is 0.312. The Balaban J connectivity index is 1.24. The quantitative estimate of drug-likeness (QED) is 0.474. The number of nitrogen functional groups attached to an aromatic ring is 1. The van der Waals surface area contributed by atoms with Gasteiger partial charge in [0.1, 0.15) is 15.7 Å². The van der Waals surface area contributed by atoms with E-state index in [9.17, 15) is 8.42 Å². The average molecular weight is 498 g/mol. The van der Waals surface area contributed by atoms with Gasteiger partial charge < -0.3 is 15.6 Å². The summed E-state index contributed by atoms with van der Waals surface area (Å²) in [7, 11) is -3.02. The lowest BCUT2D eigenvalue weighted by Gasteiger charge is -2.48. The maximum absolute atomic E-state index is 11.3. The fourth-order valence-electron chi connectivity index (χ4n) is 5.44. The van der Waals surface area contributed by atoms with Gasteiger partial charge in [0, 0.05) is 36.8 Å². The Morgan fingerprint density at radius 1 is 1.09 bits per heavy atom. The molecule has 3 heterocycles. The number of sulfone groups is 1. The maximum Gasteiger partial charge on any atom is 0.259 e. The minimum absolute atomic E-state index is 0.00902. The molecule has 3 aromatic rings. The van der Waals surface area contributed by atoms with Crippen molar-refractivity contribution < 1.29 is 12.9 Å². The van der Waals surface area contributed by atoms with Crippen LogP contribution in [0.4, 0.5) is 11.8 Å². The van der Waals surface area contributed by atoms with Crippen molar-refractivity contribution in [2.24, 2.45) is 5.92 Å². The molecule has 2 aliphatic rings. The zero-order valence-corrected chi connectivity index (χ0v) is 20.7. The van der Waals surface area contributed by atoms with E-state index in [-0.39, 0.29) is 11.2 Å². The third-order valence-electron chi connectivity index (χ3n) is 7.58. The Morgan fingerprint density at radius 3 is 2.43 bits per heavy atom. The first-order valence-corrected chi connectivity index (χ1v) is 14.2. The molecule has 10 nitrogen and oxygen atoms in total. The molecule has 186 valence electrons. The topological polar surface area (TPSA) is 150 Å². The van der Waals surface area contributed by atoms with Crippen molar-refractivity contribution in [1.82, 2.24) is 25.1 Å². The number of hydrogen-bond donors (Lipinski definition) is 2. The number of rotatable bonds is 8. The predicted octanol–water partition coefficient (Wildman–Crippen LogP) is 3.36. The van der Waals surface area contributed by atoms with Crippen LogP contribution >= 0.6 is 0 Å². The first-order chi connectivity index (χ1) is 16.8. The van der Waals surface area contributed by atoms with Crippen LogP contribution in [-0.2, 0) is 15.3 Å². The van der Waals surface area contributed by atoms with E-state index >= 15 is 0 Å². The van der Waals surface area contributed by atoms with Crippen molar-refractivity contribution in [3.63, 3.8) is 0 Å². The van der Waals surface area contributed by atoms with E-state index in [1.54, 1.807) is 12.3 Å². The van der Waals surface area contributed by atoms with Crippen LogP contribution in [0.15, 0.2) is 35.2 Å². The Morgan fingerprint density at radius 2 is 1.83 bits per heavy atom. The summed E-state index contributed by atoms with van der Waals surface area (Å²) in [5, 5.41) is 7.44. The molecule has 5 rings (SSSR count). The third-order valence-corrected chi connectivity index (χ3v) is 8.52. The second-order valence-corrected chi connectivity index (χ2v) is 12.1. The number of nitrogens with one attached hydrogen (secondary N) is 1. The summed E-state index contributed by atoms with van der Waals surface area (Å²) in [6, 6.07) is 3.66. The minimum Gasteiger partial charge on any atom is -0.369 e. The van der Waals surface area contributed by atoms with Crippen molar-refractivity contribution in [3.8, 4) is 11.5 Å². The molecule has 0 atom stereocenters. The van der Waals surface area contributed by atoms with Gasteiger partial charge in [-0.05, 0) is 68.1 Å². The standard InChI is InChI=1S/C24H31N7O3S/c1-35(32,33)12-11-26-20-8-5-17(13-27-20)21-30-22(31-34-21)24(9-2-10-24)19-6-3-16(4-7-19)18-14-28-23(25)29-15-18/h5,8,13-16,19H,2-4,6-7,9-12H2,1H3,(H,26,27)(H2,25,28,29). The first-order valence-electron chi connectivity index (χ1n) is 12.1. The minimum atomic E-state index is -3.02. The summed E-state index contributed by atoms with van der Waals surface area (Å²) in [5.74, 6) is 3.27. The van der Waals surface area contributed by atoms with Gasteiger partial charge in [-0.25, -0.2) is 23.4 Å². The van der Waals surface area contributed by atoms with E-state index in [0.717, 1.165) is 49.9 Å². The molecule has 0 aliphatic heterocycles. The van der Waals surface area contributed by atoms with Gasteiger partial charge in [-0.15, -0.1) is 0 Å². The van der Waals surface area contributed by atoms with Crippen LogP contribution in [-0.4, -0.2) is 52.1 Å². The highest BCUT2D eigenvalue weighted by Crippen LogP contribution is 2.54. The molecular weight excluding hydrogens is 466 g/mol. The van der Waals surface area contributed by atoms with Gasteiger partial charge in [-0.2, -0.15) is 4.98 Å². The van der Waals surface area contributed by atoms with Gasteiger partial charge in [-0.1, -0.05) is 11.6 Å². The van der Waals surface area contributed by atoms with Crippen LogP contribution in [0.1, 0.15) is 62.3 Å². The average Bonchev–Trinajstić information content (AvgIpc) is 3.29. The molecule has 3 N–H and O–H groups in total. The summed E-state index contributed by atoms with van der Waals surface area (Å²) in [6.07, 6.45) is 14.4. The lowest BCUT2D eigenvalue weighted by Crippen LogP contribution is -2.44.